The molecule has 15 heavy (non-hydrogen) atoms. The highest BCUT2D eigenvalue weighted by molar-refractivity contribution is 5.60. The van der Waals surface area contributed by atoms with Crippen LogP contribution in [-0.2, 0) is 0 Å². The lowest BCUT2D eigenvalue weighted by Gasteiger charge is -2.04. The first-order chi connectivity index (χ1) is 6.75. The minimum absolute atomic E-state index is 0. The zero-order valence-electron chi connectivity index (χ0n) is 8.79. The quantitative estimate of drug-likeness (QED) is 0.705. The van der Waals surface area contributed by atoms with Crippen LogP contribution < -0.4 is 0 Å². The lowest BCUT2D eigenvalue weighted by Crippen LogP contribution is -1.98. The van der Waals surface area contributed by atoms with E-state index in [0.29, 0.717) is 0 Å². The van der Waals surface area contributed by atoms with E-state index in [9.17, 15) is 0 Å². The second-order valence-electron chi connectivity index (χ2n) is 4.27. The molecule has 0 aliphatic heterocycles. The number of nitrogens with zero attached hydrogens (tertiary/aromatic N) is 3. The third kappa shape index (κ3) is 1.50. The summed E-state index contributed by atoms with van der Waals surface area (Å²) >= 11 is 0. The molecule has 3 unspecified atom stereocenters. The van der Waals surface area contributed by atoms with Gasteiger partial charge in [0.25, 0.3) is 0 Å². The Balaban J connectivity index is 0.000000853. The van der Waals surface area contributed by atoms with E-state index in [0.717, 1.165) is 29.1 Å². The SMILES string of the molecule is Cc1cn(C2=CC3C(C)C3C=C2)nn1.F. The van der Waals surface area contributed by atoms with Gasteiger partial charge in [-0.3, -0.25) is 4.70 Å². The number of aromatic nitrogens is 3. The van der Waals surface area contributed by atoms with Crippen LogP contribution in [0.2, 0.25) is 0 Å². The molecule has 0 saturated heterocycles. The van der Waals surface area contributed by atoms with Crippen molar-refractivity contribution in [2.75, 3.05) is 0 Å². The zero-order chi connectivity index (χ0) is 9.71. The van der Waals surface area contributed by atoms with Gasteiger partial charge >= 0.3 is 0 Å². The van der Waals surface area contributed by atoms with Gasteiger partial charge in [0, 0.05) is 0 Å². The van der Waals surface area contributed by atoms with E-state index in [-0.39, 0.29) is 4.70 Å². The van der Waals surface area contributed by atoms with Crippen molar-refractivity contribution in [3.8, 4) is 0 Å². The van der Waals surface area contributed by atoms with Crippen molar-refractivity contribution in [3.63, 3.8) is 0 Å². The van der Waals surface area contributed by atoms with Crippen molar-refractivity contribution in [3.05, 3.63) is 30.1 Å². The Morgan fingerprint density at radius 1 is 1.33 bits per heavy atom. The number of halogens is 1. The molecule has 0 spiro atoms. The first kappa shape index (κ1) is 10.1. The minimum atomic E-state index is 0. The molecule has 3 rings (SSSR count). The molecule has 1 saturated carbocycles. The fraction of sp³-hybridized carbons (Fsp3) is 0.455. The molecule has 0 N–H and O–H groups in total. The van der Waals surface area contributed by atoms with Crippen molar-refractivity contribution in [1.29, 1.82) is 0 Å². The van der Waals surface area contributed by atoms with E-state index in [2.05, 4.69) is 35.5 Å². The number of rotatable bonds is 1. The summed E-state index contributed by atoms with van der Waals surface area (Å²) in [5.74, 6) is 2.33. The van der Waals surface area contributed by atoms with Crippen LogP contribution in [0.3, 0.4) is 0 Å². The summed E-state index contributed by atoms with van der Waals surface area (Å²) in [5.41, 5.74) is 2.13. The molecule has 0 amide bonds. The molecule has 0 aromatic carbocycles. The Morgan fingerprint density at radius 2 is 2.13 bits per heavy atom. The summed E-state index contributed by atoms with van der Waals surface area (Å²) in [4.78, 5) is 0. The maximum atomic E-state index is 4.06. The summed E-state index contributed by atoms with van der Waals surface area (Å²) in [7, 11) is 0. The maximum Gasteiger partial charge on any atom is 0.0800 e. The van der Waals surface area contributed by atoms with Crippen molar-refractivity contribution in [2.24, 2.45) is 17.8 Å². The molecule has 0 radical (unpaired) electrons. The van der Waals surface area contributed by atoms with Crippen molar-refractivity contribution in [2.45, 2.75) is 13.8 Å². The summed E-state index contributed by atoms with van der Waals surface area (Å²) in [6, 6.07) is 0. The van der Waals surface area contributed by atoms with E-state index >= 15 is 0 Å². The van der Waals surface area contributed by atoms with Gasteiger partial charge in [-0.15, -0.1) is 5.10 Å². The predicted octanol–water partition coefficient (Wildman–Crippen LogP) is 2.03. The molecule has 1 heterocycles. The average Bonchev–Trinajstić information content (AvgIpc) is 2.64. The molecule has 3 atom stereocenters. The maximum absolute atomic E-state index is 4.06. The van der Waals surface area contributed by atoms with Gasteiger partial charge < -0.3 is 0 Å². The Bertz CT molecular complexity index is 433. The molecule has 2 aliphatic rings. The first-order valence-electron chi connectivity index (χ1n) is 5.05. The minimum Gasteiger partial charge on any atom is -0.269 e. The summed E-state index contributed by atoms with van der Waals surface area (Å²) in [5, 5.41) is 8.05. The molecular formula is C11H14FN3. The van der Waals surface area contributed by atoms with Gasteiger partial charge in [0.1, 0.15) is 0 Å². The molecule has 0 bridgehead atoms. The number of allylic oxidation sites excluding steroid dienone is 4. The highest BCUT2D eigenvalue weighted by atomic mass is 19.0. The smallest absolute Gasteiger partial charge is 0.0800 e. The van der Waals surface area contributed by atoms with E-state index < -0.39 is 0 Å². The van der Waals surface area contributed by atoms with E-state index in [1.807, 2.05) is 17.8 Å². The number of hydrogen-bond donors (Lipinski definition) is 0. The Morgan fingerprint density at radius 3 is 2.73 bits per heavy atom. The Kier molecular flexibility index (Phi) is 2.21. The van der Waals surface area contributed by atoms with Crippen LogP contribution in [0.1, 0.15) is 12.6 Å². The van der Waals surface area contributed by atoms with Crippen LogP contribution in [-0.4, -0.2) is 15.0 Å². The molecule has 1 aromatic rings. The van der Waals surface area contributed by atoms with Gasteiger partial charge in [-0.1, -0.05) is 24.3 Å². The fourth-order valence-corrected chi connectivity index (χ4v) is 2.18. The lowest BCUT2D eigenvalue weighted by molar-refractivity contribution is 0.808. The topological polar surface area (TPSA) is 30.7 Å². The zero-order valence-corrected chi connectivity index (χ0v) is 8.79. The van der Waals surface area contributed by atoms with E-state index in [4.69, 9.17) is 0 Å². The van der Waals surface area contributed by atoms with E-state index in [1.54, 1.807) is 0 Å². The molecule has 1 fully saturated rings. The lowest BCUT2D eigenvalue weighted by atomic mass is 10.1. The van der Waals surface area contributed by atoms with Gasteiger partial charge in [-0.05, 0) is 30.8 Å². The number of fused-ring (bicyclic) bond motifs is 1. The molecule has 1 aromatic heterocycles. The second-order valence-corrected chi connectivity index (χ2v) is 4.27. The summed E-state index contributed by atoms with van der Waals surface area (Å²) < 4.78 is 1.85. The van der Waals surface area contributed by atoms with Crippen molar-refractivity contribution >= 4 is 5.70 Å². The van der Waals surface area contributed by atoms with Crippen molar-refractivity contribution in [1.82, 2.24) is 15.0 Å². The molecule has 4 heteroatoms. The Labute approximate surface area is 87.8 Å². The van der Waals surface area contributed by atoms with Crippen LogP contribution in [0, 0.1) is 24.7 Å². The summed E-state index contributed by atoms with van der Waals surface area (Å²) in [6.07, 6.45) is 8.72. The van der Waals surface area contributed by atoms with Crippen LogP contribution in [0.5, 0.6) is 0 Å². The molecule has 2 aliphatic carbocycles. The van der Waals surface area contributed by atoms with Gasteiger partial charge in [-0.2, -0.15) is 0 Å². The largest absolute Gasteiger partial charge is 0.269 e. The van der Waals surface area contributed by atoms with Crippen LogP contribution in [0.25, 0.3) is 5.70 Å². The third-order valence-electron chi connectivity index (χ3n) is 3.24. The van der Waals surface area contributed by atoms with Crippen LogP contribution in [0.4, 0.5) is 4.70 Å². The predicted molar refractivity (Wildman–Crippen MR) is 56.8 cm³/mol. The van der Waals surface area contributed by atoms with Gasteiger partial charge in [0.2, 0.25) is 0 Å². The normalized spacial score (nSPS) is 31.6. The van der Waals surface area contributed by atoms with Gasteiger partial charge in [0.05, 0.1) is 17.6 Å². The average molecular weight is 207 g/mol. The fourth-order valence-electron chi connectivity index (χ4n) is 2.18. The highest BCUT2D eigenvalue weighted by Gasteiger charge is 2.44. The van der Waals surface area contributed by atoms with Crippen molar-refractivity contribution < 1.29 is 4.70 Å². The second kappa shape index (κ2) is 3.29. The summed E-state index contributed by atoms with van der Waals surface area (Å²) in [6.45, 7) is 4.25. The monoisotopic (exact) mass is 207 g/mol. The number of hydrogen-bond acceptors (Lipinski definition) is 2. The van der Waals surface area contributed by atoms with Gasteiger partial charge in [-0.25, -0.2) is 4.68 Å². The van der Waals surface area contributed by atoms with Crippen LogP contribution >= 0.6 is 0 Å². The molecule has 80 valence electrons. The number of aryl methyl sites for hydroxylation is 1. The van der Waals surface area contributed by atoms with E-state index in [1.165, 1.54) is 0 Å². The van der Waals surface area contributed by atoms with Crippen LogP contribution in [0.15, 0.2) is 24.4 Å². The standard InChI is InChI=1S/C11H13N3.FH/c1-7-6-14(13-12-7)9-3-4-10-8(2)11(10)5-9;/h3-6,8,10-11H,1-2H3;1H. The first-order valence-corrected chi connectivity index (χ1v) is 5.05. The molecular weight excluding hydrogens is 193 g/mol. The third-order valence-corrected chi connectivity index (χ3v) is 3.24. The Hall–Kier alpha value is -1.45. The molecule has 3 nitrogen and oxygen atoms in total. The highest BCUT2D eigenvalue weighted by Crippen LogP contribution is 2.50. The van der Waals surface area contributed by atoms with Gasteiger partial charge in [0.15, 0.2) is 0 Å².